The molecule has 1 aromatic heterocycles. The van der Waals surface area contributed by atoms with Crippen molar-refractivity contribution in [3.05, 3.63) is 22.7 Å². The van der Waals surface area contributed by atoms with Crippen molar-refractivity contribution in [1.82, 2.24) is 9.97 Å². The van der Waals surface area contributed by atoms with Gasteiger partial charge in [0.2, 0.25) is 0 Å². The van der Waals surface area contributed by atoms with Crippen molar-refractivity contribution < 1.29 is 0 Å². The predicted molar refractivity (Wildman–Crippen MR) is 62.1 cm³/mol. The van der Waals surface area contributed by atoms with Crippen molar-refractivity contribution in [2.45, 2.75) is 45.4 Å². The maximum absolute atomic E-state index is 5.89. The molecule has 3 heteroatoms. The second-order valence-electron chi connectivity index (χ2n) is 4.42. The van der Waals surface area contributed by atoms with Gasteiger partial charge in [0.05, 0.1) is 0 Å². The minimum Gasteiger partial charge on any atom is -0.238 e. The molecule has 0 spiro atoms. The van der Waals surface area contributed by atoms with Gasteiger partial charge in [0.15, 0.2) is 0 Å². The van der Waals surface area contributed by atoms with Crippen LogP contribution in [0.25, 0.3) is 0 Å². The van der Waals surface area contributed by atoms with Crippen molar-refractivity contribution in [2.24, 2.45) is 5.92 Å². The smallest absolute Gasteiger partial charge is 0.133 e. The first kappa shape index (κ1) is 10.9. The van der Waals surface area contributed by atoms with Crippen molar-refractivity contribution >= 4 is 11.6 Å². The fourth-order valence-electron chi connectivity index (χ4n) is 2.37. The van der Waals surface area contributed by atoms with E-state index >= 15 is 0 Å². The van der Waals surface area contributed by atoms with Crippen LogP contribution in [0.4, 0.5) is 0 Å². The highest BCUT2D eigenvalue weighted by Crippen LogP contribution is 2.28. The number of hydrogen-bond acceptors (Lipinski definition) is 2. The fourth-order valence-corrected chi connectivity index (χ4v) is 2.62. The van der Waals surface area contributed by atoms with Crippen LogP contribution >= 0.6 is 11.6 Å². The van der Waals surface area contributed by atoms with Crippen LogP contribution in [0.1, 0.15) is 43.6 Å². The third kappa shape index (κ3) is 3.16. The molecule has 0 unspecified atom stereocenters. The van der Waals surface area contributed by atoms with Gasteiger partial charge in [-0.3, -0.25) is 0 Å². The summed E-state index contributed by atoms with van der Waals surface area (Å²) < 4.78 is 0. The second kappa shape index (κ2) is 4.93. The van der Waals surface area contributed by atoms with Gasteiger partial charge >= 0.3 is 0 Å². The molecule has 0 atom stereocenters. The molecule has 1 aliphatic rings. The Morgan fingerprint density at radius 3 is 2.73 bits per heavy atom. The van der Waals surface area contributed by atoms with E-state index in [1.54, 1.807) is 0 Å². The van der Waals surface area contributed by atoms with E-state index in [1.165, 1.54) is 32.1 Å². The lowest BCUT2D eigenvalue weighted by Gasteiger charge is -2.08. The Morgan fingerprint density at radius 1 is 1.33 bits per heavy atom. The van der Waals surface area contributed by atoms with E-state index in [9.17, 15) is 0 Å². The Labute approximate surface area is 96.1 Å². The number of aryl methyl sites for hydroxylation is 2. The monoisotopic (exact) mass is 224 g/mol. The van der Waals surface area contributed by atoms with Crippen molar-refractivity contribution in [1.29, 1.82) is 0 Å². The molecule has 1 fully saturated rings. The van der Waals surface area contributed by atoms with Gasteiger partial charge in [0.25, 0.3) is 0 Å². The summed E-state index contributed by atoms with van der Waals surface area (Å²) in [6.07, 6.45) is 7.93. The average Bonchev–Trinajstić information content (AvgIpc) is 2.65. The molecule has 0 radical (unpaired) electrons. The number of rotatable bonds is 3. The highest BCUT2D eigenvalue weighted by molar-refractivity contribution is 6.29. The lowest BCUT2D eigenvalue weighted by atomic mass is 10.0. The molecular weight excluding hydrogens is 208 g/mol. The molecule has 1 heterocycles. The Kier molecular flexibility index (Phi) is 3.57. The van der Waals surface area contributed by atoms with Gasteiger partial charge in [-0.05, 0) is 31.7 Å². The van der Waals surface area contributed by atoms with E-state index in [2.05, 4.69) is 9.97 Å². The Bertz CT molecular complexity index is 312. The van der Waals surface area contributed by atoms with Crippen LogP contribution in [0.2, 0.25) is 5.15 Å². The molecular formula is C12H17ClN2. The first-order valence-electron chi connectivity index (χ1n) is 5.74. The van der Waals surface area contributed by atoms with Gasteiger partial charge in [-0.15, -0.1) is 0 Å². The molecule has 1 saturated carbocycles. The van der Waals surface area contributed by atoms with Crippen LogP contribution in [-0.4, -0.2) is 9.97 Å². The quantitative estimate of drug-likeness (QED) is 0.734. The highest BCUT2D eigenvalue weighted by Gasteiger charge is 2.15. The van der Waals surface area contributed by atoms with Crippen LogP contribution in [0, 0.1) is 12.8 Å². The molecule has 0 aliphatic heterocycles. The van der Waals surface area contributed by atoms with Crippen molar-refractivity contribution in [3.63, 3.8) is 0 Å². The molecule has 0 N–H and O–H groups in total. The van der Waals surface area contributed by atoms with Crippen molar-refractivity contribution in [2.75, 3.05) is 0 Å². The van der Waals surface area contributed by atoms with Crippen LogP contribution in [0.5, 0.6) is 0 Å². The topological polar surface area (TPSA) is 25.8 Å². The molecule has 1 aliphatic carbocycles. The highest BCUT2D eigenvalue weighted by atomic mass is 35.5. The molecule has 82 valence electrons. The second-order valence-corrected chi connectivity index (χ2v) is 4.81. The largest absolute Gasteiger partial charge is 0.238 e. The average molecular weight is 225 g/mol. The van der Waals surface area contributed by atoms with Gasteiger partial charge in [0, 0.05) is 5.69 Å². The molecule has 0 amide bonds. The third-order valence-electron chi connectivity index (χ3n) is 3.14. The van der Waals surface area contributed by atoms with Gasteiger partial charge in [-0.1, -0.05) is 37.3 Å². The minimum absolute atomic E-state index is 0.573. The molecule has 2 nitrogen and oxygen atoms in total. The number of nitrogens with zero attached hydrogens (tertiary/aromatic N) is 2. The zero-order chi connectivity index (χ0) is 10.7. The van der Waals surface area contributed by atoms with Gasteiger partial charge < -0.3 is 0 Å². The van der Waals surface area contributed by atoms with Crippen LogP contribution in [-0.2, 0) is 6.42 Å². The first-order valence-corrected chi connectivity index (χ1v) is 6.12. The van der Waals surface area contributed by atoms with E-state index in [-0.39, 0.29) is 0 Å². The maximum atomic E-state index is 5.89. The third-order valence-corrected chi connectivity index (χ3v) is 3.34. The van der Waals surface area contributed by atoms with E-state index in [0.29, 0.717) is 5.15 Å². The van der Waals surface area contributed by atoms with Crippen LogP contribution < -0.4 is 0 Å². The number of halogens is 1. The Balaban J connectivity index is 1.92. The predicted octanol–water partition coefficient (Wildman–Crippen LogP) is 3.56. The van der Waals surface area contributed by atoms with Gasteiger partial charge in [-0.25, -0.2) is 9.97 Å². The summed E-state index contributed by atoms with van der Waals surface area (Å²) in [7, 11) is 0. The zero-order valence-electron chi connectivity index (χ0n) is 9.17. The SMILES string of the molecule is Cc1nc(Cl)cc(CCC2CCCC2)n1. The molecule has 0 aromatic carbocycles. The molecule has 0 bridgehead atoms. The van der Waals surface area contributed by atoms with Crippen LogP contribution in [0.15, 0.2) is 6.07 Å². The number of hydrogen-bond donors (Lipinski definition) is 0. The Hall–Kier alpha value is -0.630. The van der Waals surface area contributed by atoms with Crippen molar-refractivity contribution in [3.8, 4) is 0 Å². The lowest BCUT2D eigenvalue weighted by molar-refractivity contribution is 0.500. The summed E-state index contributed by atoms with van der Waals surface area (Å²) in [5.74, 6) is 1.70. The van der Waals surface area contributed by atoms with Gasteiger partial charge in [-0.2, -0.15) is 0 Å². The molecule has 1 aromatic rings. The van der Waals surface area contributed by atoms with E-state index in [4.69, 9.17) is 11.6 Å². The van der Waals surface area contributed by atoms with E-state index < -0.39 is 0 Å². The normalized spacial score (nSPS) is 17.2. The fraction of sp³-hybridized carbons (Fsp3) is 0.667. The lowest BCUT2D eigenvalue weighted by Crippen LogP contribution is -2.00. The molecule has 15 heavy (non-hydrogen) atoms. The summed E-state index contributed by atoms with van der Waals surface area (Å²) >= 11 is 5.89. The standard InChI is InChI=1S/C12H17ClN2/c1-9-14-11(8-12(13)15-9)7-6-10-4-2-3-5-10/h8,10H,2-7H2,1H3. The summed E-state index contributed by atoms with van der Waals surface area (Å²) in [5, 5.41) is 0.573. The summed E-state index contributed by atoms with van der Waals surface area (Å²) in [6, 6.07) is 1.89. The van der Waals surface area contributed by atoms with Crippen LogP contribution in [0.3, 0.4) is 0 Å². The zero-order valence-corrected chi connectivity index (χ0v) is 9.93. The first-order chi connectivity index (χ1) is 7.24. The van der Waals surface area contributed by atoms with E-state index in [0.717, 1.165) is 23.9 Å². The maximum Gasteiger partial charge on any atom is 0.133 e. The summed E-state index contributed by atoms with van der Waals surface area (Å²) in [5.41, 5.74) is 1.10. The Morgan fingerprint density at radius 2 is 2.07 bits per heavy atom. The summed E-state index contributed by atoms with van der Waals surface area (Å²) in [6.45, 7) is 1.89. The van der Waals surface area contributed by atoms with Gasteiger partial charge in [0.1, 0.15) is 11.0 Å². The minimum atomic E-state index is 0.573. The molecule has 2 rings (SSSR count). The summed E-state index contributed by atoms with van der Waals surface area (Å²) in [4.78, 5) is 8.47. The van der Waals surface area contributed by atoms with E-state index in [1.807, 2.05) is 13.0 Å². The molecule has 0 saturated heterocycles. The number of aromatic nitrogens is 2.